The van der Waals surface area contributed by atoms with Crippen LogP contribution in [0.1, 0.15) is 17.3 Å². The van der Waals surface area contributed by atoms with Crippen LogP contribution >= 0.6 is 23.2 Å². The molecule has 0 atom stereocenters. The summed E-state index contributed by atoms with van der Waals surface area (Å²) in [4.78, 5) is 11.2. The van der Waals surface area contributed by atoms with Crippen molar-refractivity contribution in [2.75, 3.05) is 0 Å². The highest BCUT2D eigenvalue weighted by atomic mass is 35.5. The van der Waals surface area contributed by atoms with Crippen LogP contribution in [-0.2, 0) is 0 Å². The Balaban J connectivity index is 2.88. The molecule has 2 heterocycles. The van der Waals surface area contributed by atoms with E-state index in [-0.39, 0.29) is 5.78 Å². The van der Waals surface area contributed by atoms with Crippen LogP contribution in [0.3, 0.4) is 0 Å². The van der Waals surface area contributed by atoms with E-state index in [9.17, 15) is 4.79 Å². The van der Waals surface area contributed by atoms with Crippen molar-refractivity contribution in [3.8, 4) is 0 Å². The van der Waals surface area contributed by atoms with E-state index >= 15 is 0 Å². The number of hydrogen-bond donors (Lipinski definition) is 0. The van der Waals surface area contributed by atoms with Gasteiger partial charge in [-0.3, -0.25) is 4.79 Å². The highest BCUT2D eigenvalue weighted by molar-refractivity contribution is 6.37. The van der Waals surface area contributed by atoms with Gasteiger partial charge in [0.05, 0.1) is 22.3 Å². The third-order valence-electron chi connectivity index (χ3n) is 1.95. The fraction of sp³-hybridized carbons (Fsp3) is 0.111. The Labute approximate surface area is 90.2 Å². The Bertz CT molecular complexity index is 519. The molecule has 0 saturated heterocycles. The van der Waals surface area contributed by atoms with E-state index < -0.39 is 0 Å². The highest BCUT2D eigenvalue weighted by Gasteiger charge is 2.12. The summed E-state index contributed by atoms with van der Waals surface area (Å²) in [6, 6.07) is 3.29. The molecule has 0 fully saturated rings. The monoisotopic (exact) mass is 228 g/mol. The SMILES string of the molecule is CC(=O)c1cc(Cl)c2ccnn2c1Cl. The van der Waals surface area contributed by atoms with Crippen LogP contribution in [0, 0.1) is 0 Å². The molecule has 5 heteroatoms. The number of Topliss-reactive ketones (excluding diaryl/α,β-unsaturated/α-hetero) is 1. The average molecular weight is 229 g/mol. The first-order valence-electron chi connectivity index (χ1n) is 3.94. The molecule has 0 unspecified atom stereocenters. The van der Waals surface area contributed by atoms with Crippen molar-refractivity contribution in [2.24, 2.45) is 0 Å². The maximum absolute atomic E-state index is 11.2. The Morgan fingerprint density at radius 1 is 1.50 bits per heavy atom. The molecule has 0 spiro atoms. The van der Waals surface area contributed by atoms with Crippen molar-refractivity contribution in [1.29, 1.82) is 0 Å². The van der Waals surface area contributed by atoms with E-state index in [0.717, 1.165) is 0 Å². The number of halogens is 2. The smallest absolute Gasteiger partial charge is 0.162 e. The van der Waals surface area contributed by atoms with Crippen LogP contribution < -0.4 is 0 Å². The standard InChI is InChI=1S/C9H6Cl2N2O/c1-5(14)6-4-7(10)8-2-3-12-13(8)9(6)11/h2-4H,1H3. The lowest BCUT2D eigenvalue weighted by Crippen LogP contribution is -2.00. The zero-order chi connectivity index (χ0) is 10.3. The Kier molecular flexibility index (Phi) is 2.21. The van der Waals surface area contributed by atoms with E-state index in [0.29, 0.717) is 21.3 Å². The van der Waals surface area contributed by atoms with Crippen LogP contribution in [0.5, 0.6) is 0 Å². The molecule has 14 heavy (non-hydrogen) atoms. The van der Waals surface area contributed by atoms with Gasteiger partial charge in [0.25, 0.3) is 0 Å². The van der Waals surface area contributed by atoms with E-state index in [1.54, 1.807) is 18.3 Å². The molecule has 0 radical (unpaired) electrons. The normalized spacial score (nSPS) is 10.8. The van der Waals surface area contributed by atoms with Gasteiger partial charge < -0.3 is 0 Å². The van der Waals surface area contributed by atoms with Gasteiger partial charge in [0, 0.05) is 0 Å². The van der Waals surface area contributed by atoms with Crippen LogP contribution in [-0.4, -0.2) is 15.4 Å². The lowest BCUT2D eigenvalue weighted by atomic mass is 10.2. The topological polar surface area (TPSA) is 34.4 Å². The average Bonchev–Trinajstić information content (AvgIpc) is 2.59. The molecular formula is C9H6Cl2N2O. The van der Waals surface area contributed by atoms with Gasteiger partial charge in [0.2, 0.25) is 0 Å². The van der Waals surface area contributed by atoms with Crippen molar-refractivity contribution in [1.82, 2.24) is 9.61 Å². The second-order valence-electron chi connectivity index (χ2n) is 2.88. The largest absolute Gasteiger partial charge is 0.294 e. The maximum Gasteiger partial charge on any atom is 0.162 e. The zero-order valence-corrected chi connectivity index (χ0v) is 8.80. The van der Waals surface area contributed by atoms with Gasteiger partial charge in [-0.2, -0.15) is 5.10 Å². The molecule has 0 aliphatic heterocycles. The maximum atomic E-state index is 11.2. The number of fused-ring (bicyclic) bond motifs is 1. The minimum atomic E-state index is -0.130. The van der Waals surface area contributed by atoms with Crippen molar-refractivity contribution >= 4 is 34.5 Å². The number of aromatic nitrogens is 2. The highest BCUT2D eigenvalue weighted by Crippen LogP contribution is 2.25. The summed E-state index contributed by atoms with van der Waals surface area (Å²) >= 11 is 11.9. The zero-order valence-electron chi connectivity index (χ0n) is 7.29. The first-order chi connectivity index (χ1) is 6.61. The molecule has 72 valence electrons. The summed E-state index contributed by atoms with van der Waals surface area (Å²) in [6.07, 6.45) is 1.58. The van der Waals surface area contributed by atoms with Crippen molar-refractivity contribution in [2.45, 2.75) is 6.92 Å². The van der Waals surface area contributed by atoms with Gasteiger partial charge in [0.1, 0.15) is 5.15 Å². The van der Waals surface area contributed by atoms with E-state index in [1.807, 2.05) is 0 Å². The quantitative estimate of drug-likeness (QED) is 0.556. The minimum Gasteiger partial charge on any atom is -0.294 e. The third kappa shape index (κ3) is 1.29. The summed E-state index contributed by atoms with van der Waals surface area (Å²) in [7, 11) is 0. The van der Waals surface area contributed by atoms with Crippen molar-refractivity contribution < 1.29 is 4.79 Å². The predicted molar refractivity (Wildman–Crippen MR) is 55.2 cm³/mol. The molecule has 0 aliphatic rings. The van der Waals surface area contributed by atoms with Crippen molar-refractivity contribution in [3.05, 3.63) is 34.1 Å². The first-order valence-corrected chi connectivity index (χ1v) is 4.69. The van der Waals surface area contributed by atoms with E-state index in [4.69, 9.17) is 23.2 Å². The van der Waals surface area contributed by atoms with Gasteiger partial charge in [0.15, 0.2) is 5.78 Å². The summed E-state index contributed by atoms with van der Waals surface area (Å²) < 4.78 is 1.45. The van der Waals surface area contributed by atoms with Crippen LogP contribution in [0.25, 0.3) is 5.52 Å². The number of nitrogens with zero attached hydrogens (tertiary/aromatic N) is 2. The fourth-order valence-electron chi connectivity index (χ4n) is 1.26. The molecule has 0 N–H and O–H groups in total. The molecule has 0 aliphatic carbocycles. The van der Waals surface area contributed by atoms with Crippen LogP contribution in [0.4, 0.5) is 0 Å². The second kappa shape index (κ2) is 3.26. The third-order valence-corrected chi connectivity index (χ3v) is 2.61. The fourth-order valence-corrected chi connectivity index (χ4v) is 1.84. The van der Waals surface area contributed by atoms with Gasteiger partial charge in [-0.15, -0.1) is 0 Å². The van der Waals surface area contributed by atoms with Gasteiger partial charge in [-0.25, -0.2) is 4.52 Å². The molecule has 2 aromatic heterocycles. The number of pyridine rings is 1. The molecule has 0 bridgehead atoms. The summed E-state index contributed by atoms with van der Waals surface area (Å²) in [5.74, 6) is -0.130. The molecule has 2 aromatic rings. The number of hydrogen-bond acceptors (Lipinski definition) is 2. The van der Waals surface area contributed by atoms with Gasteiger partial charge in [-0.1, -0.05) is 23.2 Å². The summed E-state index contributed by atoms with van der Waals surface area (Å²) in [6.45, 7) is 1.44. The van der Waals surface area contributed by atoms with Crippen LogP contribution in [0.15, 0.2) is 18.3 Å². The summed E-state index contributed by atoms with van der Waals surface area (Å²) in [5.41, 5.74) is 1.08. The Hall–Kier alpha value is -1.06. The van der Waals surface area contributed by atoms with Crippen LogP contribution in [0.2, 0.25) is 10.2 Å². The van der Waals surface area contributed by atoms with E-state index in [2.05, 4.69) is 5.10 Å². The molecular weight excluding hydrogens is 223 g/mol. The Morgan fingerprint density at radius 3 is 2.86 bits per heavy atom. The number of carbonyl (C=O) groups is 1. The van der Waals surface area contributed by atoms with E-state index in [1.165, 1.54) is 11.4 Å². The van der Waals surface area contributed by atoms with Crippen molar-refractivity contribution in [3.63, 3.8) is 0 Å². The number of rotatable bonds is 1. The van der Waals surface area contributed by atoms with Gasteiger partial charge in [-0.05, 0) is 19.1 Å². The minimum absolute atomic E-state index is 0.130. The predicted octanol–water partition coefficient (Wildman–Crippen LogP) is 2.84. The summed E-state index contributed by atoms with van der Waals surface area (Å²) in [5, 5.41) is 4.73. The lowest BCUT2D eigenvalue weighted by Gasteiger charge is -2.04. The molecule has 0 saturated carbocycles. The number of ketones is 1. The number of carbonyl (C=O) groups excluding carboxylic acids is 1. The lowest BCUT2D eigenvalue weighted by molar-refractivity contribution is 0.101. The first kappa shape index (κ1) is 9.49. The molecule has 3 nitrogen and oxygen atoms in total. The van der Waals surface area contributed by atoms with Gasteiger partial charge >= 0.3 is 0 Å². The Morgan fingerprint density at radius 2 is 2.21 bits per heavy atom. The molecule has 0 aromatic carbocycles. The second-order valence-corrected chi connectivity index (χ2v) is 3.65. The molecule has 0 amide bonds. The molecule has 2 rings (SSSR count).